The van der Waals surface area contributed by atoms with Crippen molar-refractivity contribution in [2.45, 2.75) is 43.6 Å². The van der Waals surface area contributed by atoms with Crippen molar-refractivity contribution in [2.24, 2.45) is 0 Å². The molecule has 0 bridgehead atoms. The maximum absolute atomic E-state index is 13.9. The number of fused-ring (bicyclic) bond motifs is 2. The van der Waals surface area contributed by atoms with E-state index in [4.69, 9.17) is 4.74 Å². The number of aromatic amines is 1. The lowest BCUT2D eigenvalue weighted by Crippen LogP contribution is -2.62. The zero-order valence-corrected chi connectivity index (χ0v) is 18.4. The molecule has 1 atom stereocenters. The Morgan fingerprint density at radius 2 is 1.97 bits per heavy atom. The largest absolute Gasteiger partial charge is 0.383 e. The first-order valence-corrected chi connectivity index (χ1v) is 11.4. The molecule has 1 aliphatic heterocycles. The third-order valence-corrected chi connectivity index (χ3v) is 7.15. The number of nitrogens with zero attached hydrogens (tertiary/aromatic N) is 1. The van der Waals surface area contributed by atoms with Gasteiger partial charge in [-0.1, -0.05) is 43.5 Å². The normalized spacial score (nSPS) is 19.8. The van der Waals surface area contributed by atoms with Crippen LogP contribution in [0, 0.1) is 0 Å². The van der Waals surface area contributed by atoms with Crippen molar-refractivity contribution in [3.63, 3.8) is 0 Å². The smallest absolute Gasteiger partial charge is 0.254 e. The van der Waals surface area contributed by atoms with Crippen molar-refractivity contribution in [1.82, 2.24) is 9.88 Å². The van der Waals surface area contributed by atoms with Crippen LogP contribution in [0.25, 0.3) is 10.9 Å². The number of nitrogens with one attached hydrogen (secondary N) is 2. The van der Waals surface area contributed by atoms with Gasteiger partial charge >= 0.3 is 0 Å². The van der Waals surface area contributed by atoms with Gasteiger partial charge in [-0.15, -0.1) is 0 Å². The lowest BCUT2D eigenvalue weighted by atomic mass is 9.65. The molecule has 0 radical (unpaired) electrons. The Labute approximate surface area is 187 Å². The summed E-state index contributed by atoms with van der Waals surface area (Å²) in [6.45, 7) is 0.940. The van der Waals surface area contributed by atoms with Gasteiger partial charge in [-0.2, -0.15) is 0 Å². The molecule has 6 nitrogen and oxygen atoms in total. The number of aromatic nitrogens is 1. The second-order valence-electron chi connectivity index (χ2n) is 8.90. The maximum Gasteiger partial charge on any atom is 0.254 e. The third-order valence-electron chi connectivity index (χ3n) is 7.15. The number of amides is 2. The molecule has 32 heavy (non-hydrogen) atoms. The summed E-state index contributed by atoms with van der Waals surface area (Å²) in [6.07, 6.45) is 6.70. The van der Waals surface area contributed by atoms with Gasteiger partial charge in [0.05, 0.1) is 18.1 Å². The van der Waals surface area contributed by atoms with Crippen LogP contribution in [0.3, 0.4) is 0 Å². The Kier molecular flexibility index (Phi) is 5.47. The zero-order valence-electron chi connectivity index (χ0n) is 18.4. The van der Waals surface area contributed by atoms with Crippen molar-refractivity contribution in [2.75, 3.05) is 25.6 Å². The van der Waals surface area contributed by atoms with E-state index >= 15 is 0 Å². The topological polar surface area (TPSA) is 74.4 Å². The van der Waals surface area contributed by atoms with E-state index < -0.39 is 11.5 Å². The molecule has 2 amide bonds. The molecule has 1 unspecified atom stereocenters. The molecule has 1 fully saturated rings. The number of H-pyrrole nitrogens is 1. The standard InChI is InChI=1S/C26H29N3O3/c1-32-16-15-29-25(31)21-8-4-3-7-20(21)23(26(29)12-5-2-6-13-26)24(30)28-19-10-9-18-11-14-27-22(18)17-19/h3-4,7-11,14,17,23,27H,2,5-6,12-13,15-16H2,1H3,(H,28,30). The molecule has 1 spiro atoms. The third kappa shape index (κ3) is 3.39. The van der Waals surface area contributed by atoms with Crippen LogP contribution in [0.15, 0.2) is 54.7 Å². The van der Waals surface area contributed by atoms with Crippen molar-refractivity contribution in [1.29, 1.82) is 0 Å². The van der Waals surface area contributed by atoms with Crippen molar-refractivity contribution in [3.8, 4) is 0 Å². The van der Waals surface area contributed by atoms with E-state index in [1.54, 1.807) is 7.11 Å². The molecule has 166 valence electrons. The molecule has 0 saturated heterocycles. The summed E-state index contributed by atoms with van der Waals surface area (Å²) in [4.78, 5) is 32.6. The van der Waals surface area contributed by atoms with Crippen LogP contribution < -0.4 is 5.32 Å². The van der Waals surface area contributed by atoms with E-state index in [2.05, 4.69) is 10.3 Å². The van der Waals surface area contributed by atoms with Crippen LogP contribution in [0.1, 0.15) is 53.9 Å². The predicted octanol–water partition coefficient (Wildman–Crippen LogP) is 4.70. The fraction of sp³-hybridized carbons (Fsp3) is 0.385. The van der Waals surface area contributed by atoms with Gasteiger partial charge in [-0.05, 0) is 48.1 Å². The summed E-state index contributed by atoms with van der Waals surface area (Å²) in [6, 6.07) is 15.5. The summed E-state index contributed by atoms with van der Waals surface area (Å²) in [7, 11) is 1.65. The number of carbonyl (C=O) groups is 2. The van der Waals surface area contributed by atoms with Gasteiger partial charge in [0.15, 0.2) is 0 Å². The Bertz CT molecular complexity index is 1150. The van der Waals surface area contributed by atoms with E-state index in [1.165, 1.54) is 0 Å². The average Bonchev–Trinajstić information content (AvgIpc) is 3.28. The monoisotopic (exact) mass is 431 g/mol. The highest BCUT2D eigenvalue weighted by molar-refractivity contribution is 6.05. The number of anilines is 1. The molecule has 5 rings (SSSR count). The molecule has 1 aromatic heterocycles. The number of ether oxygens (including phenoxy) is 1. The number of hydrogen-bond acceptors (Lipinski definition) is 3. The first-order chi connectivity index (χ1) is 15.6. The highest BCUT2D eigenvalue weighted by Crippen LogP contribution is 2.49. The van der Waals surface area contributed by atoms with E-state index in [9.17, 15) is 9.59 Å². The number of hydrogen-bond donors (Lipinski definition) is 2. The second kappa shape index (κ2) is 8.43. The van der Waals surface area contributed by atoms with Gasteiger partial charge in [0.1, 0.15) is 0 Å². The molecule has 1 aliphatic carbocycles. The van der Waals surface area contributed by atoms with Crippen LogP contribution in [-0.4, -0.2) is 47.5 Å². The fourth-order valence-electron chi connectivity index (χ4n) is 5.69. The van der Waals surface area contributed by atoms with E-state index in [1.807, 2.05) is 59.6 Å². The number of methoxy groups -OCH3 is 1. The van der Waals surface area contributed by atoms with Crippen LogP contribution >= 0.6 is 0 Å². The minimum absolute atomic E-state index is 0.0106. The van der Waals surface area contributed by atoms with Crippen molar-refractivity contribution in [3.05, 3.63) is 65.9 Å². The zero-order chi connectivity index (χ0) is 22.1. The molecule has 3 aromatic rings. The lowest BCUT2D eigenvalue weighted by Gasteiger charge is -2.53. The lowest BCUT2D eigenvalue weighted by molar-refractivity contribution is -0.122. The average molecular weight is 432 g/mol. The number of carbonyl (C=O) groups excluding carboxylic acids is 2. The highest BCUT2D eigenvalue weighted by Gasteiger charge is 2.54. The van der Waals surface area contributed by atoms with E-state index in [0.29, 0.717) is 18.7 Å². The van der Waals surface area contributed by atoms with Gasteiger partial charge in [-0.25, -0.2) is 0 Å². The summed E-state index contributed by atoms with van der Waals surface area (Å²) < 4.78 is 5.34. The molecule has 2 aliphatic rings. The van der Waals surface area contributed by atoms with Crippen molar-refractivity contribution < 1.29 is 14.3 Å². The second-order valence-corrected chi connectivity index (χ2v) is 8.90. The van der Waals surface area contributed by atoms with Crippen LogP contribution in [-0.2, 0) is 9.53 Å². The number of rotatable bonds is 5. The summed E-state index contributed by atoms with van der Waals surface area (Å²) in [5.41, 5.74) is 2.68. The van der Waals surface area contributed by atoms with Crippen molar-refractivity contribution >= 4 is 28.4 Å². The van der Waals surface area contributed by atoms with Gasteiger partial charge in [0, 0.05) is 36.6 Å². The van der Waals surface area contributed by atoms with Crippen LogP contribution in [0.4, 0.5) is 5.69 Å². The maximum atomic E-state index is 13.9. The summed E-state index contributed by atoms with van der Waals surface area (Å²) >= 11 is 0. The molecule has 1 saturated carbocycles. The highest BCUT2D eigenvalue weighted by atomic mass is 16.5. The fourth-order valence-corrected chi connectivity index (χ4v) is 5.69. The molecular weight excluding hydrogens is 402 g/mol. The Morgan fingerprint density at radius 3 is 2.78 bits per heavy atom. The Morgan fingerprint density at radius 1 is 1.16 bits per heavy atom. The minimum atomic E-state index is -0.525. The Balaban J connectivity index is 1.58. The molecule has 2 heterocycles. The van der Waals surface area contributed by atoms with Gasteiger partial charge in [-0.3, -0.25) is 9.59 Å². The SMILES string of the molecule is COCCN1C(=O)c2ccccc2C(C(=O)Nc2ccc3cc[nH]c3c2)C12CCCCC2. The Hall–Kier alpha value is -3.12. The first-order valence-electron chi connectivity index (χ1n) is 11.4. The molecular formula is C26H29N3O3. The van der Waals surface area contributed by atoms with E-state index in [0.717, 1.165) is 54.3 Å². The molecule has 2 N–H and O–H groups in total. The summed E-state index contributed by atoms with van der Waals surface area (Å²) in [5.74, 6) is -0.468. The quantitative estimate of drug-likeness (QED) is 0.615. The van der Waals surface area contributed by atoms with Crippen LogP contribution in [0.2, 0.25) is 0 Å². The van der Waals surface area contributed by atoms with Gasteiger partial charge < -0.3 is 19.9 Å². The summed E-state index contributed by atoms with van der Waals surface area (Å²) in [5, 5.41) is 4.27. The molecule has 2 aromatic carbocycles. The first kappa shape index (κ1) is 20.8. The van der Waals surface area contributed by atoms with Crippen LogP contribution in [0.5, 0.6) is 0 Å². The minimum Gasteiger partial charge on any atom is -0.383 e. The van der Waals surface area contributed by atoms with Gasteiger partial charge in [0.25, 0.3) is 5.91 Å². The molecule has 6 heteroatoms. The van der Waals surface area contributed by atoms with E-state index in [-0.39, 0.29) is 11.8 Å². The number of benzene rings is 2. The predicted molar refractivity (Wildman–Crippen MR) is 125 cm³/mol. The van der Waals surface area contributed by atoms with Gasteiger partial charge in [0.2, 0.25) is 5.91 Å².